The summed E-state index contributed by atoms with van der Waals surface area (Å²) < 4.78 is 19.1. The maximum atomic E-state index is 14.1. The molecule has 0 fully saturated rings. The molecule has 144 valence electrons. The van der Waals surface area contributed by atoms with E-state index in [4.69, 9.17) is 4.74 Å². The number of hydrogen-bond donors (Lipinski definition) is 2. The van der Waals surface area contributed by atoms with Crippen molar-refractivity contribution in [3.8, 4) is 5.75 Å². The van der Waals surface area contributed by atoms with Crippen molar-refractivity contribution >= 4 is 11.9 Å². The Morgan fingerprint density at radius 3 is 2.44 bits per heavy atom. The molecule has 0 bridgehead atoms. The van der Waals surface area contributed by atoms with Gasteiger partial charge in [0, 0.05) is 13.0 Å². The van der Waals surface area contributed by atoms with E-state index in [0.717, 1.165) is 0 Å². The van der Waals surface area contributed by atoms with Crippen LogP contribution in [-0.2, 0) is 21.4 Å². The van der Waals surface area contributed by atoms with E-state index in [0.29, 0.717) is 17.5 Å². The predicted molar refractivity (Wildman–Crippen MR) is 100 cm³/mol. The second kappa shape index (κ2) is 9.16. The van der Waals surface area contributed by atoms with Crippen LogP contribution in [0.4, 0.5) is 4.39 Å². The summed E-state index contributed by atoms with van der Waals surface area (Å²) in [5.41, 5.74) is -0.176. The summed E-state index contributed by atoms with van der Waals surface area (Å²) in [7, 11) is 1.38. The standard InChI is InChI=1S/C21H24FNO4/c1-3-21(20(25)26,16-9-5-4-6-10-16)14-23-18(24)13-12-15-8-7-11-17(27-2)19(15)22/h4-11H,3,12-14H2,1-2H3,(H,23,24)(H,25,26). The van der Waals surface area contributed by atoms with Crippen molar-refractivity contribution < 1.29 is 23.8 Å². The number of nitrogens with one attached hydrogen (secondary N) is 1. The van der Waals surface area contributed by atoms with Crippen LogP contribution in [0.15, 0.2) is 48.5 Å². The van der Waals surface area contributed by atoms with Crippen LogP contribution < -0.4 is 10.1 Å². The average Bonchev–Trinajstić information content (AvgIpc) is 2.68. The van der Waals surface area contributed by atoms with Crippen molar-refractivity contribution in [2.75, 3.05) is 13.7 Å². The van der Waals surface area contributed by atoms with Crippen molar-refractivity contribution in [2.24, 2.45) is 0 Å². The molecule has 0 aliphatic rings. The zero-order valence-electron chi connectivity index (χ0n) is 15.5. The van der Waals surface area contributed by atoms with Crippen LogP contribution in [0.1, 0.15) is 30.9 Å². The first-order valence-electron chi connectivity index (χ1n) is 8.81. The molecule has 1 amide bonds. The molecule has 0 aliphatic carbocycles. The summed E-state index contributed by atoms with van der Waals surface area (Å²) in [6.45, 7) is 1.75. The molecule has 5 nitrogen and oxygen atoms in total. The number of carboxylic acids is 1. The number of ether oxygens (including phenoxy) is 1. The topological polar surface area (TPSA) is 75.6 Å². The van der Waals surface area contributed by atoms with Gasteiger partial charge in [-0.25, -0.2) is 4.39 Å². The summed E-state index contributed by atoms with van der Waals surface area (Å²) in [6, 6.07) is 13.6. The van der Waals surface area contributed by atoms with E-state index in [1.807, 2.05) is 6.07 Å². The maximum absolute atomic E-state index is 14.1. The molecule has 0 spiro atoms. The number of rotatable bonds is 9. The van der Waals surface area contributed by atoms with Gasteiger partial charge in [-0.3, -0.25) is 9.59 Å². The first kappa shape index (κ1) is 20.4. The van der Waals surface area contributed by atoms with Crippen LogP contribution in [0.2, 0.25) is 0 Å². The smallest absolute Gasteiger partial charge is 0.315 e. The minimum absolute atomic E-state index is 0.0255. The van der Waals surface area contributed by atoms with Gasteiger partial charge in [-0.15, -0.1) is 0 Å². The van der Waals surface area contributed by atoms with Gasteiger partial charge in [0.2, 0.25) is 5.91 Å². The Labute approximate surface area is 158 Å². The van der Waals surface area contributed by atoms with Gasteiger partial charge in [0.1, 0.15) is 5.41 Å². The van der Waals surface area contributed by atoms with E-state index in [1.54, 1.807) is 43.3 Å². The van der Waals surface area contributed by atoms with E-state index >= 15 is 0 Å². The second-order valence-electron chi connectivity index (χ2n) is 6.32. The van der Waals surface area contributed by atoms with Crippen LogP contribution in [0, 0.1) is 5.82 Å². The number of benzene rings is 2. The largest absolute Gasteiger partial charge is 0.494 e. The predicted octanol–water partition coefficient (Wildman–Crippen LogP) is 3.32. The minimum Gasteiger partial charge on any atom is -0.494 e. The molecule has 2 aromatic rings. The van der Waals surface area contributed by atoms with Gasteiger partial charge in [-0.1, -0.05) is 49.4 Å². The van der Waals surface area contributed by atoms with E-state index in [-0.39, 0.29) is 31.0 Å². The molecule has 2 N–H and O–H groups in total. The quantitative estimate of drug-likeness (QED) is 0.707. The number of carbonyl (C=O) groups is 2. The van der Waals surface area contributed by atoms with Gasteiger partial charge in [0.25, 0.3) is 0 Å². The molecule has 1 unspecified atom stereocenters. The lowest BCUT2D eigenvalue weighted by atomic mass is 9.78. The monoisotopic (exact) mass is 373 g/mol. The highest BCUT2D eigenvalue weighted by molar-refractivity contribution is 5.83. The Hall–Kier alpha value is -2.89. The molecular weight excluding hydrogens is 349 g/mol. The number of hydrogen-bond acceptors (Lipinski definition) is 3. The van der Waals surface area contributed by atoms with Crippen LogP contribution in [-0.4, -0.2) is 30.6 Å². The van der Waals surface area contributed by atoms with Crippen LogP contribution in [0.5, 0.6) is 5.75 Å². The van der Waals surface area contributed by atoms with Crippen LogP contribution >= 0.6 is 0 Å². The zero-order chi connectivity index (χ0) is 19.9. The minimum atomic E-state index is -1.20. The molecule has 0 aromatic heterocycles. The number of carboxylic acid groups (broad SMARTS) is 1. The molecule has 2 aromatic carbocycles. The number of aliphatic carboxylic acids is 1. The fraction of sp³-hybridized carbons (Fsp3) is 0.333. The molecule has 0 saturated heterocycles. The summed E-state index contributed by atoms with van der Waals surface area (Å²) in [5, 5.41) is 12.5. The van der Waals surface area contributed by atoms with Gasteiger partial charge in [0.15, 0.2) is 11.6 Å². The molecule has 0 saturated carbocycles. The lowest BCUT2D eigenvalue weighted by Crippen LogP contribution is -2.46. The third-order valence-electron chi connectivity index (χ3n) is 4.81. The van der Waals surface area contributed by atoms with Crippen molar-refractivity contribution in [1.29, 1.82) is 0 Å². The molecule has 0 radical (unpaired) electrons. The summed E-state index contributed by atoms with van der Waals surface area (Å²) in [5.74, 6) is -1.67. The second-order valence-corrected chi connectivity index (χ2v) is 6.32. The summed E-state index contributed by atoms with van der Waals surface area (Å²) >= 11 is 0. The highest BCUT2D eigenvalue weighted by Crippen LogP contribution is 2.28. The molecule has 1 atom stereocenters. The highest BCUT2D eigenvalue weighted by Gasteiger charge is 2.38. The molecule has 2 rings (SSSR count). The Kier molecular flexibility index (Phi) is 6.93. The van der Waals surface area contributed by atoms with Crippen molar-refractivity contribution in [3.63, 3.8) is 0 Å². The third-order valence-corrected chi connectivity index (χ3v) is 4.81. The van der Waals surface area contributed by atoms with Crippen molar-refractivity contribution in [2.45, 2.75) is 31.6 Å². The number of amides is 1. The third kappa shape index (κ3) is 4.64. The number of methoxy groups -OCH3 is 1. The molecule has 27 heavy (non-hydrogen) atoms. The average molecular weight is 373 g/mol. The SMILES string of the molecule is CCC(CNC(=O)CCc1cccc(OC)c1F)(C(=O)O)c1ccccc1. The van der Waals surface area contributed by atoms with Crippen LogP contribution in [0.25, 0.3) is 0 Å². The van der Waals surface area contributed by atoms with Gasteiger partial charge < -0.3 is 15.2 Å². The van der Waals surface area contributed by atoms with Crippen molar-refractivity contribution in [1.82, 2.24) is 5.32 Å². The molecule has 6 heteroatoms. The number of carbonyl (C=O) groups excluding carboxylic acids is 1. The molecule has 0 heterocycles. The maximum Gasteiger partial charge on any atom is 0.315 e. The van der Waals surface area contributed by atoms with Gasteiger partial charge in [0.05, 0.1) is 7.11 Å². The van der Waals surface area contributed by atoms with E-state index in [1.165, 1.54) is 13.2 Å². The fourth-order valence-electron chi connectivity index (χ4n) is 3.03. The summed E-state index contributed by atoms with van der Waals surface area (Å²) in [6.07, 6.45) is 0.585. The Morgan fingerprint density at radius 1 is 1.15 bits per heavy atom. The fourth-order valence-corrected chi connectivity index (χ4v) is 3.03. The Bertz CT molecular complexity index is 794. The van der Waals surface area contributed by atoms with E-state index in [2.05, 4.69) is 5.32 Å². The van der Waals surface area contributed by atoms with E-state index in [9.17, 15) is 19.1 Å². The first-order valence-corrected chi connectivity index (χ1v) is 8.81. The van der Waals surface area contributed by atoms with Crippen LogP contribution in [0.3, 0.4) is 0 Å². The Balaban J connectivity index is 2.03. The highest BCUT2D eigenvalue weighted by atomic mass is 19.1. The van der Waals surface area contributed by atoms with Gasteiger partial charge >= 0.3 is 5.97 Å². The lowest BCUT2D eigenvalue weighted by Gasteiger charge is -2.29. The molecule has 0 aliphatic heterocycles. The number of halogens is 1. The van der Waals surface area contributed by atoms with Crippen molar-refractivity contribution in [3.05, 3.63) is 65.5 Å². The normalized spacial score (nSPS) is 12.9. The zero-order valence-corrected chi connectivity index (χ0v) is 15.5. The van der Waals surface area contributed by atoms with Gasteiger partial charge in [-0.2, -0.15) is 0 Å². The number of aryl methyl sites for hydroxylation is 1. The molecular formula is C21H24FNO4. The first-order chi connectivity index (χ1) is 12.9. The lowest BCUT2D eigenvalue weighted by molar-refractivity contribution is -0.144. The Morgan fingerprint density at radius 2 is 1.85 bits per heavy atom. The van der Waals surface area contributed by atoms with Gasteiger partial charge in [-0.05, 0) is 30.0 Å². The van der Waals surface area contributed by atoms with E-state index < -0.39 is 17.2 Å². The summed E-state index contributed by atoms with van der Waals surface area (Å²) in [4.78, 5) is 24.2.